The van der Waals surface area contributed by atoms with Crippen LogP contribution in [0.25, 0.3) is 20.2 Å². The summed E-state index contributed by atoms with van der Waals surface area (Å²) in [5.74, 6) is 1.18. The molecule has 16 heteroatoms. The molecule has 6 rings (SSSR count). The summed E-state index contributed by atoms with van der Waals surface area (Å²) in [7, 11) is 3.00. The zero-order valence-corrected chi connectivity index (χ0v) is 46.5. The molecule has 6 aromatic rings. The molecule has 0 aliphatic rings. The molecule has 73 heavy (non-hydrogen) atoms. The Hall–Kier alpha value is -5.63. The van der Waals surface area contributed by atoms with Gasteiger partial charge in [0.25, 0.3) is 0 Å². The molecule has 0 fully saturated rings. The van der Waals surface area contributed by atoms with Crippen molar-refractivity contribution in [3.05, 3.63) is 145 Å². The predicted molar refractivity (Wildman–Crippen MR) is 301 cm³/mol. The van der Waals surface area contributed by atoms with Crippen LogP contribution in [0.15, 0.2) is 133 Å². The largest absolute Gasteiger partial charge is 0.465 e. The molecule has 1 amide bonds. The number of anilines is 1. The standard InChI is InChI=1S/C16H16S.C13H18O2.C12H16O2.C11H15NO.C2H6.3CH4O.3H2O2/c1-3-11(2)12-8-6-9-14-13-7-4-5-10-15(13)17-16(12)14;1-3-11(2)13(14)15-10-9-12-7-5-4-6-8-12;1-4-12(2,3)11(13)14-10-8-6-5-7-9-10;1-3-9(2)11(13)12-10-7-5-4-6-8-10;7*1-2/h4-11H,3H2,1-2H3;4-8,11H,3,9-10H2,1-2H3;5-9H,4H2,1-3H3;4-9H,3H2,1-2H3,(H,12,13);1-2H3;3*2H,1H3;3*1-2H. The maximum atomic E-state index is 11.6. The average Bonchev–Trinajstić information content (AvgIpc) is 3.86. The van der Waals surface area contributed by atoms with Gasteiger partial charge in [-0.15, -0.1) is 11.3 Å². The molecule has 0 radical (unpaired) electrons. The van der Waals surface area contributed by atoms with E-state index < -0.39 is 5.41 Å². The Bertz CT molecular complexity index is 2160. The Morgan fingerprint density at radius 3 is 1.51 bits per heavy atom. The van der Waals surface area contributed by atoms with Gasteiger partial charge in [-0.2, -0.15) is 0 Å². The number of aliphatic hydroxyl groups is 3. The first kappa shape index (κ1) is 76.3. The number of benzene rings is 5. The maximum absolute atomic E-state index is 11.6. The van der Waals surface area contributed by atoms with E-state index in [0.717, 1.165) is 52.7 Å². The van der Waals surface area contributed by atoms with Gasteiger partial charge in [0.2, 0.25) is 5.91 Å². The smallest absolute Gasteiger partial charge is 0.316 e. The summed E-state index contributed by atoms with van der Waals surface area (Å²) in [6.07, 6.45) is 4.48. The second-order valence-electron chi connectivity index (χ2n) is 15.4. The van der Waals surface area contributed by atoms with Gasteiger partial charge in [-0.1, -0.05) is 165 Å². The van der Waals surface area contributed by atoms with Crippen molar-refractivity contribution in [3.8, 4) is 5.75 Å². The van der Waals surface area contributed by atoms with E-state index in [2.05, 4.69) is 61.6 Å². The molecule has 1 heterocycles. The fourth-order valence-corrected chi connectivity index (χ4v) is 6.78. The van der Waals surface area contributed by atoms with Gasteiger partial charge in [0.1, 0.15) is 5.75 Å². The van der Waals surface area contributed by atoms with E-state index in [4.69, 9.17) is 56.3 Å². The second kappa shape index (κ2) is 51.3. The first-order valence-electron chi connectivity index (χ1n) is 24.0. The third kappa shape index (κ3) is 32.2. The third-order valence-corrected chi connectivity index (χ3v) is 11.8. The predicted octanol–water partition coefficient (Wildman–Crippen LogP) is 14.0. The SMILES string of the molecule is CC.CCC(C)(C)C(=O)Oc1ccccc1.CCC(C)C(=O)Nc1ccccc1.CCC(C)C(=O)OCCc1ccccc1.CCC(C)c1cccc2c1sc1ccccc12.CO.CO.CO.OO.OO.OO. The van der Waals surface area contributed by atoms with E-state index in [0.29, 0.717) is 18.3 Å². The minimum atomic E-state index is -0.407. The van der Waals surface area contributed by atoms with E-state index >= 15 is 0 Å². The molecular weight excluding hydrogens is 955 g/mol. The zero-order valence-electron chi connectivity index (χ0n) is 45.7. The number of amides is 1. The number of nitrogens with one attached hydrogen (secondary N) is 1. The van der Waals surface area contributed by atoms with Gasteiger partial charge in [0, 0.05) is 59.5 Å². The molecular formula is C57H89NO14S. The lowest BCUT2D eigenvalue weighted by molar-refractivity contribution is -0.176. The summed E-state index contributed by atoms with van der Waals surface area (Å²) >= 11 is 1.93. The fourth-order valence-electron chi connectivity index (χ4n) is 5.45. The summed E-state index contributed by atoms with van der Waals surface area (Å²) in [4.78, 5) is 34.4. The van der Waals surface area contributed by atoms with E-state index in [9.17, 15) is 14.4 Å². The van der Waals surface area contributed by atoms with Crippen LogP contribution >= 0.6 is 11.3 Å². The van der Waals surface area contributed by atoms with Crippen LogP contribution < -0.4 is 10.1 Å². The van der Waals surface area contributed by atoms with Crippen LogP contribution in [-0.2, 0) is 25.5 Å². The van der Waals surface area contributed by atoms with E-state index in [1.54, 1.807) is 12.1 Å². The number of fused-ring (bicyclic) bond motifs is 3. The van der Waals surface area contributed by atoms with E-state index in [1.165, 1.54) is 37.7 Å². The number of ether oxygens (including phenoxy) is 2. The van der Waals surface area contributed by atoms with Gasteiger partial charge in [-0.3, -0.25) is 45.9 Å². The lowest BCUT2D eigenvalue weighted by Crippen LogP contribution is -2.28. The molecule has 0 aliphatic heterocycles. The van der Waals surface area contributed by atoms with Gasteiger partial charge in [-0.25, -0.2) is 0 Å². The second-order valence-corrected chi connectivity index (χ2v) is 16.5. The van der Waals surface area contributed by atoms with Gasteiger partial charge in [0.05, 0.1) is 17.9 Å². The van der Waals surface area contributed by atoms with Crippen molar-refractivity contribution >= 4 is 55.0 Å². The highest BCUT2D eigenvalue weighted by Crippen LogP contribution is 2.38. The number of hydrogen-bond donors (Lipinski definition) is 10. The minimum absolute atomic E-state index is 0.0146. The van der Waals surface area contributed by atoms with Crippen molar-refractivity contribution in [1.29, 1.82) is 0 Å². The molecule has 10 N–H and O–H groups in total. The average molecular weight is 1040 g/mol. The van der Waals surface area contributed by atoms with Crippen LogP contribution in [-0.4, -0.2) is 92.6 Å². The van der Waals surface area contributed by atoms with Crippen molar-refractivity contribution in [2.24, 2.45) is 17.3 Å². The number of para-hydroxylation sites is 2. The van der Waals surface area contributed by atoms with Crippen molar-refractivity contribution in [3.63, 3.8) is 0 Å². The summed E-state index contributed by atoms with van der Waals surface area (Å²) < 4.78 is 13.3. The van der Waals surface area contributed by atoms with Crippen LogP contribution in [0, 0.1) is 17.3 Å². The Balaban J connectivity index is -0.000000261. The Kier molecular flexibility index (Phi) is 53.6. The fraction of sp³-hybridized carbons (Fsp3) is 0.421. The molecule has 412 valence electrons. The zero-order chi connectivity index (χ0) is 57.2. The Morgan fingerprint density at radius 1 is 0.575 bits per heavy atom. The van der Waals surface area contributed by atoms with Gasteiger partial charge in [0.15, 0.2) is 0 Å². The molecule has 5 aromatic carbocycles. The lowest BCUT2D eigenvalue weighted by Gasteiger charge is -2.19. The number of carbonyl (C=O) groups excluding carboxylic acids is 3. The number of thiophene rings is 1. The van der Waals surface area contributed by atoms with Crippen molar-refractivity contribution in [2.75, 3.05) is 33.3 Å². The maximum Gasteiger partial charge on any atom is 0.316 e. The molecule has 0 saturated carbocycles. The molecule has 1 aromatic heterocycles. The summed E-state index contributed by atoms with van der Waals surface area (Å²) in [6.45, 7) is 22.6. The van der Waals surface area contributed by atoms with E-state index in [1.807, 2.05) is 153 Å². The monoisotopic (exact) mass is 1040 g/mol. The van der Waals surface area contributed by atoms with Crippen molar-refractivity contribution in [2.45, 2.75) is 114 Å². The molecule has 15 nitrogen and oxygen atoms in total. The topological polar surface area (TPSA) is 264 Å². The summed E-state index contributed by atoms with van der Waals surface area (Å²) in [5.41, 5.74) is 3.17. The highest BCUT2D eigenvalue weighted by atomic mass is 32.1. The lowest BCUT2D eigenvalue weighted by atomic mass is 9.91. The van der Waals surface area contributed by atoms with Crippen molar-refractivity contribution in [1.82, 2.24) is 0 Å². The molecule has 0 aliphatic carbocycles. The summed E-state index contributed by atoms with van der Waals surface area (Å²) in [5, 5.41) is 62.7. The molecule has 0 spiro atoms. The highest BCUT2D eigenvalue weighted by molar-refractivity contribution is 7.26. The van der Waals surface area contributed by atoms with Crippen molar-refractivity contribution < 1.29 is 70.7 Å². The number of esters is 2. The van der Waals surface area contributed by atoms with Crippen LogP contribution in [0.5, 0.6) is 5.75 Å². The first-order valence-corrected chi connectivity index (χ1v) is 24.8. The number of aliphatic hydroxyl groups excluding tert-OH is 3. The molecule has 0 bridgehead atoms. The molecule has 0 saturated heterocycles. The minimum Gasteiger partial charge on any atom is -0.465 e. The first-order chi connectivity index (χ1) is 35.3. The number of carbonyl (C=O) groups is 3. The Labute approximate surface area is 439 Å². The quantitative estimate of drug-likeness (QED) is 0.0223. The number of rotatable bonds is 13. The Morgan fingerprint density at radius 2 is 1.03 bits per heavy atom. The number of hydrogen-bond acceptors (Lipinski definition) is 15. The highest BCUT2D eigenvalue weighted by Gasteiger charge is 2.27. The van der Waals surface area contributed by atoms with Gasteiger partial charge < -0.3 is 30.1 Å². The van der Waals surface area contributed by atoms with Crippen LogP contribution in [0.1, 0.15) is 119 Å². The van der Waals surface area contributed by atoms with E-state index in [-0.39, 0.29) is 29.7 Å². The molecule has 3 atom stereocenters. The normalized spacial score (nSPS) is 10.5. The third-order valence-electron chi connectivity index (χ3n) is 10.6. The van der Waals surface area contributed by atoms with Gasteiger partial charge in [-0.05, 0) is 86.9 Å². The van der Waals surface area contributed by atoms with Crippen LogP contribution in [0.4, 0.5) is 5.69 Å². The van der Waals surface area contributed by atoms with Crippen LogP contribution in [0.2, 0.25) is 0 Å². The molecule has 3 unspecified atom stereocenters. The summed E-state index contributed by atoms with van der Waals surface area (Å²) in [6, 6.07) is 44.2. The van der Waals surface area contributed by atoms with Gasteiger partial charge >= 0.3 is 11.9 Å². The van der Waals surface area contributed by atoms with Crippen LogP contribution in [0.3, 0.4) is 0 Å².